The maximum atomic E-state index is 12.3. The SMILES string of the molecule is CC(Oc1cccc(Cl)c1)C(=O)N1CC(c2cc(CO)on2)C1. The lowest BCUT2D eigenvalue weighted by molar-refractivity contribution is -0.142. The molecule has 1 saturated heterocycles. The fraction of sp³-hybridized carbons (Fsp3) is 0.375. The van der Waals surface area contributed by atoms with E-state index in [0.717, 1.165) is 5.69 Å². The second kappa shape index (κ2) is 6.60. The first kappa shape index (κ1) is 15.8. The van der Waals surface area contributed by atoms with Gasteiger partial charge in [0.2, 0.25) is 0 Å². The lowest BCUT2D eigenvalue weighted by atomic mass is 9.95. The van der Waals surface area contributed by atoms with E-state index in [-0.39, 0.29) is 18.4 Å². The van der Waals surface area contributed by atoms with Gasteiger partial charge in [0.25, 0.3) is 5.91 Å². The Morgan fingerprint density at radius 1 is 1.52 bits per heavy atom. The topological polar surface area (TPSA) is 75.8 Å². The van der Waals surface area contributed by atoms with Gasteiger partial charge in [-0.1, -0.05) is 22.8 Å². The molecule has 7 heteroatoms. The first-order valence-corrected chi connectivity index (χ1v) is 7.72. The summed E-state index contributed by atoms with van der Waals surface area (Å²) in [6.07, 6.45) is -0.584. The van der Waals surface area contributed by atoms with Crippen LogP contribution in [0, 0.1) is 0 Å². The van der Waals surface area contributed by atoms with Crippen LogP contribution in [-0.2, 0) is 11.4 Å². The van der Waals surface area contributed by atoms with Gasteiger partial charge in [0.1, 0.15) is 12.4 Å². The molecule has 1 aromatic heterocycles. The van der Waals surface area contributed by atoms with Crippen LogP contribution >= 0.6 is 11.6 Å². The number of carbonyl (C=O) groups is 1. The van der Waals surface area contributed by atoms with Crippen LogP contribution in [0.3, 0.4) is 0 Å². The van der Waals surface area contributed by atoms with E-state index in [1.165, 1.54) is 0 Å². The number of aromatic nitrogens is 1. The molecule has 0 aliphatic carbocycles. The van der Waals surface area contributed by atoms with Crippen LogP contribution in [0.1, 0.15) is 24.3 Å². The molecular formula is C16H17ClN2O4. The molecular weight excluding hydrogens is 320 g/mol. The third kappa shape index (κ3) is 3.48. The number of hydrogen-bond donors (Lipinski definition) is 1. The van der Waals surface area contributed by atoms with Gasteiger partial charge in [-0.05, 0) is 25.1 Å². The van der Waals surface area contributed by atoms with Crippen molar-refractivity contribution in [2.75, 3.05) is 13.1 Å². The molecule has 0 spiro atoms. The van der Waals surface area contributed by atoms with Crippen molar-refractivity contribution in [3.63, 3.8) is 0 Å². The Kier molecular flexibility index (Phi) is 4.54. The lowest BCUT2D eigenvalue weighted by Gasteiger charge is -2.39. The Hall–Kier alpha value is -2.05. The number of ether oxygens (including phenoxy) is 1. The van der Waals surface area contributed by atoms with Gasteiger partial charge >= 0.3 is 0 Å². The number of rotatable bonds is 5. The van der Waals surface area contributed by atoms with Crippen LogP contribution in [0.4, 0.5) is 0 Å². The molecule has 0 saturated carbocycles. The lowest BCUT2D eigenvalue weighted by Crippen LogP contribution is -2.52. The van der Waals surface area contributed by atoms with E-state index >= 15 is 0 Å². The van der Waals surface area contributed by atoms with Gasteiger partial charge in [0, 0.05) is 30.1 Å². The molecule has 1 aromatic carbocycles. The highest BCUT2D eigenvalue weighted by Crippen LogP contribution is 2.28. The van der Waals surface area contributed by atoms with Gasteiger partial charge in [-0.3, -0.25) is 4.79 Å². The molecule has 23 heavy (non-hydrogen) atoms. The number of carbonyl (C=O) groups excluding carboxylic acids is 1. The van der Waals surface area contributed by atoms with Crippen LogP contribution in [0.15, 0.2) is 34.9 Å². The number of nitrogens with zero attached hydrogens (tertiary/aromatic N) is 2. The summed E-state index contributed by atoms with van der Waals surface area (Å²) in [6, 6.07) is 8.69. The summed E-state index contributed by atoms with van der Waals surface area (Å²) < 4.78 is 10.6. The summed E-state index contributed by atoms with van der Waals surface area (Å²) in [4.78, 5) is 14.1. The van der Waals surface area contributed by atoms with Gasteiger partial charge in [0.05, 0.1) is 5.69 Å². The quantitative estimate of drug-likeness (QED) is 0.906. The number of aliphatic hydroxyl groups excluding tert-OH is 1. The van der Waals surface area contributed by atoms with Crippen LogP contribution in [-0.4, -0.2) is 40.3 Å². The summed E-state index contributed by atoms with van der Waals surface area (Å²) in [5.41, 5.74) is 0.765. The molecule has 0 bridgehead atoms. The van der Waals surface area contributed by atoms with E-state index in [1.54, 1.807) is 42.2 Å². The molecule has 1 aliphatic heterocycles. The minimum absolute atomic E-state index is 0.0768. The Labute approximate surface area is 138 Å². The van der Waals surface area contributed by atoms with Crippen LogP contribution in [0.2, 0.25) is 5.02 Å². The second-order valence-corrected chi connectivity index (χ2v) is 5.97. The third-order valence-electron chi connectivity index (χ3n) is 3.80. The zero-order valence-electron chi connectivity index (χ0n) is 12.6. The minimum atomic E-state index is -0.584. The molecule has 1 amide bonds. The summed E-state index contributed by atoms with van der Waals surface area (Å²) in [5.74, 6) is 1.07. The predicted molar refractivity (Wildman–Crippen MR) is 83.3 cm³/mol. The van der Waals surface area contributed by atoms with Crippen molar-refractivity contribution in [2.45, 2.75) is 25.6 Å². The van der Waals surface area contributed by atoms with Crippen molar-refractivity contribution in [1.29, 1.82) is 0 Å². The van der Waals surface area contributed by atoms with E-state index in [4.69, 9.17) is 26.0 Å². The van der Waals surface area contributed by atoms with Gasteiger partial charge in [-0.25, -0.2) is 0 Å². The molecule has 3 rings (SSSR count). The highest BCUT2D eigenvalue weighted by molar-refractivity contribution is 6.30. The fourth-order valence-electron chi connectivity index (χ4n) is 2.49. The van der Waals surface area contributed by atoms with Crippen molar-refractivity contribution in [2.24, 2.45) is 0 Å². The van der Waals surface area contributed by atoms with Crippen LogP contribution in [0.25, 0.3) is 0 Å². The largest absolute Gasteiger partial charge is 0.481 e. The van der Waals surface area contributed by atoms with Crippen molar-refractivity contribution >= 4 is 17.5 Å². The number of halogens is 1. The van der Waals surface area contributed by atoms with E-state index in [9.17, 15) is 4.79 Å². The maximum Gasteiger partial charge on any atom is 0.263 e. The molecule has 2 aromatic rings. The van der Waals surface area contributed by atoms with E-state index < -0.39 is 6.10 Å². The van der Waals surface area contributed by atoms with Crippen molar-refractivity contribution < 1.29 is 19.2 Å². The summed E-state index contributed by atoms with van der Waals surface area (Å²) in [6.45, 7) is 2.68. The summed E-state index contributed by atoms with van der Waals surface area (Å²) in [7, 11) is 0. The molecule has 122 valence electrons. The van der Waals surface area contributed by atoms with Crippen LogP contribution in [0.5, 0.6) is 5.75 Å². The molecule has 1 unspecified atom stereocenters. The van der Waals surface area contributed by atoms with E-state index in [1.807, 2.05) is 0 Å². The molecule has 1 N–H and O–H groups in total. The zero-order valence-corrected chi connectivity index (χ0v) is 13.4. The number of hydrogen-bond acceptors (Lipinski definition) is 5. The minimum Gasteiger partial charge on any atom is -0.481 e. The second-order valence-electron chi connectivity index (χ2n) is 5.53. The average Bonchev–Trinajstić information content (AvgIpc) is 2.94. The predicted octanol–water partition coefficient (Wildman–Crippen LogP) is 2.21. The Balaban J connectivity index is 1.53. The molecule has 0 radical (unpaired) electrons. The molecule has 1 fully saturated rings. The number of aliphatic hydroxyl groups is 1. The first-order valence-electron chi connectivity index (χ1n) is 7.34. The fourth-order valence-corrected chi connectivity index (χ4v) is 2.67. The number of benzene rings is 1. The zero-order chi connectivity index (χ0) is 16.4. The number of amides is 1. The van der Waals surface area contributed by atoms with Crippen LogP contribution < -0.4 is 4.74 Å². The Bertz CT molecular complexity index is 697. The van der Waals surface area contributed by atoms with Gasteiger partial charge in [-0.2, -0.15) is 0 Å². The third-order valence-corrected chi connectivity index (χ3v) is 4.04. The van der Waals surface area contributed by atoms with Gasteiger partial charge in [-0.15, -0.1) is 0 Å². The standard InChI is InChI=1S/C16H17ClN2O4/c1-10(22-13-4-2-3-12(17)5-13)16(21)19-7-11(8-19)15-6-14(9-20)23-18-15/h2-6,10-11,20H,7-9H2,1H3. The van der Waals surface area contributed by atoms with Crippen molar-refractivity contribution in [3.8, 4) is 5.75 Å². The molecule has 2 heterocycles. The molecule has 6 nitrogen and oxygen atoms in total. The average molecular weight is 337 g/mol. The van der Waals surface area contributed by atoms with E-state index in [2.05, 4.69) is 5.16 Å². The smallest absolute Gasteiger partial charge is 0.263 e. The number of likely N-dealkylation sites (tertiary alicyclic amines) is 1. The van der Waals surface area contributed by atoms with Gasteiger partial charge < -0.3 is 19.3 Å². The molecule has 1 atom stereocenters. The van der Waals surface area contributed by atoms with E-state index in [0.29, 0.717) is 29.6 Å². The summed E-state index contributed by atoms with van der Waals surface area (Å²) in [5, 5.41) is 13.4. The highest BCUT2D eigenvalue weighted by atomic mass is 35.5. The van der Waals surface area contributed by atoms with Crippen molar-refractivity contribution in [3.05, 3.63) is 46.8 Å². The maximum absolute atomic E-state index is 12.3. The molecule has 1 aliphatic rings. The Morgan fingerprint density at radius 3 is 2.96 bits per heavy atom. The van der Waals surface area contributed by atoms with Crippen molar-refractivity contribution in [1.82, 2.24) is 10.1 Å². The highest BCUT2D eigenvalue weighted by Gasteiger charge is 2.36. The Morgan fingerprint density at radius 2 is 2.30 bits per heavy atom. The first-order chi connectivity index (χ1) is 11.1. The van der Waals surface area contributed by atoms with Gasteiger partial charge in [0.15, 0.2) is 11.9 Å². The monoisotopic (exact) mass is 336 g/mol. The summed E-state index contributed by atoms with van der Waals surface area (Å²) >= 11 is 5.90. The normalized spacial score (nSPS) is 16.0.